The van der Waals surface area contributed by atoms with Crippen molar-refractivity contribution < 1.29 is 38.1 Å². The first kappa shape index (κ1) is 25.8. The van der Waals surface area contributed by atoms with E-state index in [1.807, 2.05) is 54.6 Å². The molecule has 2 aromatic carbocycles. The lowest BCUT2D eigenvalue weighted by atomic mass is 10.0. The molecule has 1 fully saturated rings. The maximum atomic E-state index is 11.8. The van der Waals surface area contributed by atoms with Gasteiger partial charge < -0.3 is 23.7 Å². The number of carbonyl (C=O) groups is 3. The molecule has 4 unspecified atom stereocenters. The SMILES string of the molecule is CC(=O)OC1COC(n2cc(COc3ccc(-c4ccccc4)cc3)nn2)C(OC(C)=O)C1OC(C)=O. The Kier molecular flexibility index (Phi) is 8.14. The van der Waals surface area contributed by atoms with Gasteiger partial charge in [-0.3, -0.25) is 14.4 Å². The van der Waals surface area contributed by atoms with Crippen LogP contribution in [-0.4, -0.2) is 57.8 Å². The van der Waals surface area contributed by atoms with E-state index >= 15 is 0 Å². The molecule has 0 saturated carbocycles. The third kappa shape index (κ3) is 6.70. The van der Waals surface area contributed by atoms with Crippen LogP contribution in [0.25, 0.3) is 11.1 Å². The first-order chi connectivity index (χ1) is 17.8. The quantitative estimate of drug-likeness (QED) is 0.330. The Bertz CT molecular complexity index is 1230. The van der Waals surface area contributed by atoms with E-state index in [-0.39, 0.29) is 13.2 Å². The van der Waals surface area contributed by atoms with Crippen molar-refractivity contribution >= 4 is 17.9 Å². The van der Waals surface area contributed by atoms with Gasteiger partial charge in [-0.15, -0.1) is 5.10 Å². The van der Waals surface area contributed by atoms with Gasteiger partial charge in [-0.1, -0.05) is 47.7 Å². The minimum absolute atomic E-state index is 0.112. The molecule has 0 aliphatic carbocycles. The summed E-state index contributed by atoms with van der Waals surface area (Å²) < 4.78 is 29.0. The zero-order valence-corrected chi connectivity index (χ0v) is 20.6. The van der Waals surface area contributed by atoms with E-state index in [9.17, 15) is 14.4 Å². The van der Waals surface area contributed by atoms with E-state index in [0.29, 0.717) is 11.4 Å². The van der Waals surface area contributed by atoms with Gasteiger partial charge in [-0.2, -0.15) is 0 Å². The number of rotatable bonds is 8. The van der Waals surface area contributed by atoms with E-state index in [0.717, 1.165) is 11.1 Å². The van der Waals surface area contributed by atoms with Gasteiger partial charge in [-0.25, -0.2) is 4.68 Å². The Labute approximate surface area is 213 Å². The Morgan fingerprint density at radius 2 is 1.49 bits per heavy atom. The molecule has 0 spiro atoms. The maximum Gasteiger partial charge on any atom is 0.303 e. The number of esters is 3. The van der Waals surface area contributed by atoms with Crippen LogP contribution in [0.15, 0.2) is 60.8 Å². The fraction of sp³-hybridized carbons (Fsp3) is 0.346. The van der Waals surface area contributed by atoms with Crippen LogP contribution < -0.4 is 4.74 Å². The molecule has 194 valence electrons. The molecule has 11 nitrogen and oxygen atoms in total. The van der Waals surface area contributed by atoms with Gasteiger partial charge in [0.2, 0.25) is 0 Å². The number of hydrogen-bond acceptors (Lipinski definition) is 10. The van der Waals surface area contributed by atoms with E-state index in [4.69, 9.17) is 23.7 Å². The lowest BCUT2D eigenvalue weighted by Gasteiger charge is -2.40. The summed E-state index contributed by atoms with van der Waals surface area (Å²) in [4.78, 5) is 35.1. The number of hydrogen-bond donors (Lipinski definition) is 0. The average Bonchev–Trinajstić information content (AvgIpc) is 3.33. The minimum Gasteiger partial charge on any atom is -0.487 e. The molecule has 11 heteroatoms. The number of aromatic nitrogens is 3. The Morgan fingerprint density at radius 1 is 0.865 bits per heavy atom. The highest BCUT2D eigenvalue weighted by atomic mass is 16.6. The van der Waals surface area contributed by atoms with Crippen molar-refractivity contribution in [3.63, 3.8) is 0 Å². The van der Waals surface area contributed by atoms with Crippen molar-refractivity contribution in [3.8, 4) is 16.9 Å². The zero-order chi connectivity index (χ0) is 26.4. The van der Waals surface area contributed by atoms with Crippen LogP contribution >= 0.6 is 0 Å². The van der Waals surface area contributed by atoms with Gasteiger partial charge in [0.25, 0.3) is 0 Å². The van der Waals surface area contributed by atoms with Crippen LogP contribution in [0.1, 0.15) is 32.7 Å². The number of nitrogens with zero attached hydrogens (tertiary/aromatic N) is 3. The summed E-state index contributed by atoms with van der Waals surface area (Å²) >= 11 is 0. The van der Waals surface area contributed by atoms with Crippen LogP contribution in [0.3, 0.4) is 0 Å². The van der Waals surface area contributed by atoms with Crippen molar-refractivity contribution in [2.45, 2.75) is 51.9 Å². The Balaban J connectivity index is 1.46. The van der Waals surface area contributed by atoms with E-state index in [1.165, 1.54) is 25.5 Å². The van der Waals surface area contributed by atoms with Crippen molar-refractivity contribution in [1.29, 1.82) is 0 Å². The summed E-state index contributed by atoms with van der Waals surface area (Å²) in [5.41, 5.74) is 2.66. The molecule has 2 heterocycles. The van der Waals surface area contributed by atoms with Crippen LogP contribution in [0.4, 0.5) is 0 Å². The van der Waals surface area contributed by atoms with Crippen molar-refractivity contribution in [2.75, 3.05) is 6.61 Å². The molecule has 1 aliphatic heterocycles. The third-order valence-corrected chi connectivity index (χ3v) is 5.49. The van der Waals surface area contributed by atoms with Crippen LogP contribution in [-0.2, 0) is 39.9 Å². The highest BCUT2D eigenvalue weighted by Crippen LogP contribution is 2.30. The molecule has 0 radical (unpaired) electrons. The minimum atomic E-state index is -1.14. The maximum absolute atomic E-state index is 11.8. The largest absolute Gasteiger partial charge is 0.487 e. The number of ether oxygens (including phenoxy) is 5. The first-order valence-electron chi connectivity index (χ1n) is 11.6. The van der Waals surface area contributed by atoms with Crippen molar-refractivity contribution in [1.82, 2.24) is 15.0 Å². The summed E-state index contributed by atoms with van der Waals surface area (Å²) in [6.45, 7) is 3.65. The fourth-order valence-electron chi connectivity index (χ4n) is 3.98. The molecule has 4 rings (SSSR count). The van der Waals surface area contributed by atoms with Crippen LogP contribution in [0.5, 0.6) is 5.75 Å². The van der Waals surface area contributed by atoms with Gasteiger partial charge in [0.15, 0.2) is 24.5 Å². The molecule has 1 aromatic heterocycles. The first-order valence-corrected chi connectivity index (χ1v) is 11.6. The van der Waals surface area contributed by atoms with Crippen molar-refractivity contribution in [3.05, 3.63) is 66.5 Å². The van der Waals surface area contributed by atoms with Gasteiger partial charge >= 0.3 is 17.9 Å². The number of carbonyl (C=O) groups excluding carboxylic acids is 3. The number of benzene rings is 2. The highest BCUT2D eigenvalue weighted by molar-refractivity contribution is 5.68. The average molecular weight is 510 g/mol. The van der Waals surface area contributed by atoms with Gasteiger partial charge in [0.1, 0.15) is 18.1 Å². The molecule has 37 heavy (non-hydrogen) atoms. The normalized spacial score (nSPS) is 21.1. The monoisotopic (exact) mass is 509 g/mol. The molecule has 3 aromatic rings. The molecule has 0 bridgehead atoms. The van der Waals surface area contributed by atoms with E-state index in [1.54, 1.807) is 6.20 Å². The molecular formula is C26H27N3O8. The predicted molar refractivity (Wildman–Crippen MR) is 128 cm³/mol. The topological polar surface area (TPSA) is 128 Å². The third-order valence-electron chi connectivity index (χ3n) is 5.49. The lowest BCUT2D eigenvalue weighted by molar-refractivity contribution is -0.241. The summed E-state index contributed by atoms with van der Waals surface area (Å²) in [6.07, 6.45) is -2.61. The molecule has 1 saturated heterocycles. The van der Waals surface area contributed by atoms with Gasteiger partial charge in [0, 0.05) is 20.8 Å². The van der Waals surface area contributed by atoms with Crippen LogP contribution in [0, 0.1) is 0 Å². The lowest BCUT2D eigenvalue weighted by Crippen LogP contribution is -2.55. The fourth-order valence-corrected chi connectivity index (χ4v) is 3.98. The van der Waals surface area contributed by atoms with Crippen molar-refractivity contribution in [2.24, 2.45) is 0 Å². The second-order valence-corrected chi connectivity index (χ2v) is 8.39. The second kappa shape index (κ2) is 11.7. The van der Waals surface area contributed by atoms with E-state index < -0.39 is 42.4 Å². The van der Waals surface area contributed by atoms with E-state index in [2.05, 4.69) is 10.3 Å². The highest BCUT2D eigenvalue weighted by Gasteiger charge is 2.48. The molecule has 1 aliphatic rings. The van der Waals surface area contributed by atoms with Gasteiger partial charge in [0.05, 0.1) is 12.8 Å². The summed E-state index contributed by atoms with van der Waals surface area (Å²) in [5.74, 6) is -1.21. The van der Waals surface area contributed by atoms with Gasteiger partial charge in [-0.05, 0) is 23.3 Å². The molecular weight excluding hydrogens is 482 g/mol. The standard InChI is InChI=1S/C26H27N3O8/c1-16(30)35-23-15-34-26(25(37-18(3)32)24(23)36-17(2)31)29-13-21(27-28-29)14-33-22-11-9-20(10-12-22)19-7-5-4-6-8-19/h4-13,23-26H,14-15H2,1-3H3. The predicted octanol–water partition coefficient (Wildman–Crippen LogP) is 2.85. The Morgan fingerprint density at radius 3 is 2.14 bits per heavy atom. The molecule has 0 N–H and O–H groups in total. The summed E-state index contributed by atoms with van der Waals surface area (Å²) in [7, 11) is 0. The second-order valence-electron chi connectivity index (χ2n) is 8.39. The smallest absolute Gasteiger partial charge is 0.303 e. The molecule has 4 atom stereocenters. The summed E-state index contributed by atoms with van der Waals surface area (Å²) in [5, 5.41) is 8.20. The zero-order valence-electron chi connectivity index (χ0n) is 20.6. The summed E-state index contributed by atoms with van der Waals surface area (Å²) in [6, 6.07) is 17.7. The molecule has 0 amide bonds. The Hall–Kier alpha value is -4.25. The van der Waals surface area contributed by atoms with Crippen LogP contribution in [0.2, 0.25) is 0 Å².